The highest BCUT2D eigenvalue weighted by atomic mass is 16.5. The van der Waals surface area contributed by atoms with Crippen LogP contribution in [0.4, 0.5) is 5.69 Å². The van der Waals surface area contributed by atoms with E-state index < -0.39 is 0 Å². The molecule has 0 unspecified atom stereocenters. The van der Waals surface area contributed by atoms with Crippen LogP contribution in [-0.2, 0) is 11.3 Å². The van der Waals surface area contributed by atoms with Crippen molar-refractivity contribution in [2.45, 2.75) is 40.4 Å². The first-order valence-corrected chi connectivity index (χ1v) is 8.08. The van der Waals surface area contributed by atoms with Gasteiger partial charge in [-0.1, -0.05) is 12.1 Å². The summed E-state index contributed by atoms with van der Waals surface area (Å²) < 4.78 is 11.0. The summed E-state index contributed by atoms with van der Waals surface area (Å²) in [6.45, 7) is 8.34. The molecule has 2 rings (SSSR count). The van der Waals surface area contributed by atoms with Crippen molar-refractivity contribution < 1.29 is 14.3 Å². The SMILES string of the molecule is COc1ccc(C(=O)Nc2cc(C)ccc2C)cc1COC(C)C. The summed E-state index contributed by atoms with van der Waals surface area (Å²) in [5.74, 6) is 0.580. The first-order valence-electron chi connectivity index (χ1n) is 8.08. The molecule has 4 heteroatoms. The summed E-state index contributed by atoms with van der Waals surface area (Å²) >= 11 is 0. The molecular formula is C20H25NO3. The zero-order valence-corrected chi connectivity index (χ0v) is 15.0. The number of carbonyl (C=O) groups is 1. The summed E-state index contributed by atoms with van der Waals surface area (Å²) in [5, 5.41) is 2.98. The maximum Gasteiger partial charge on any atom is 0.255 e. The topological polar surface area (TPSA) is 47.6 Å². The number of methoxy groups -OCH3 is 1. The number of ether oxygens (including phenoxy) is 2. The van der Waals surface area contributed by atoms with Crippen molar-refractivity contribution in [2.75, 3.05) is 12.4 Å². The molecule has 1 N–H and O–H groups in total. The smallest absolute Gasteiger partial charge is 0.255 e. The molecule has 0 atom stereocenters. The molecule has 0 saturated heterocycles. The maximum absolute atomic E-state index is 12.6. The number of benzene rings is 2. The fourth-order valence-corrected chi connectivity index (χ4v) is 2.35. The van der Waals surface area contributed by atoms with E-state index in [4.69, 9.17) is 9.47 Å². The Morgan fingerprint density at radius 2 is 1.88 bits per heavy atom. The van der Waals surface area contributed by atoms with Gasteiger partial charge in [0.1, 0.15) is 5.75 Å². The molecule has 0 heterocycles. The van der Waals surface area contributed by atoms with Gasteiger partial charge in [0.25, 0.3) is 5.91 Å². The van der Waals surface area contributed by atoms with E-state index in [1.165, 1.54) is 0 Å². The number of nitrogens with one attached hydrogen (secondary N) is 1. The molecule has 0 bridgehead atoms. The molecule has 0 aliphatic carbocycles. The molecule has 0 saturated carbocycles. The van der Waals surface area contributed by atoms with Crippen LogP contribution in [0.2, 0.25) is 0 Å². The standard InChI is InChI=1S/C20H25NO3/c1-13(2)24-12-17-11-16(8-9-19(17)23-5)20(22)21-18-10-14(3)6-7-15(18)4/h6-11,13H,12H2,1-5H3,(H,21,22). The molecule has 0 radical (unpaired) electrons. The lowest BCUT2D eigenvalue weighted by atomic mass is 10.1. The zero-order valence-electron chi connectivity index (χ0n) is 15.0. The van der Waals surface area contributed by atoms with E-state index in [1.54, 1.807) is 19.2 Å². The van der Waals surface area contributed by atoms with Gasteiger partial charge in [-0.25, -0.2) is 0 Å². The molecule has 0 fully saturated rings. The zero-order chi connectivity index (χ0) is 17.7. The van der Waals surface area contributed by atoms with Gasteiger partial charge in [0.2, 0.25) is 0 Å². The van der Waals surface area contributed by atoms with Gasteiger partial charge in [-0.3, -0.25) is 4.79 Å². The molecule has 128 valence electrons. The van der Waals surface area contributed by atoms with Crippen LogP contribution in [-0.4, -0.2) is 19.1 Å². The highest BCUT2D eigenvalue weighted by molar-refractivity contribution is 6.04. The Labute approximate surface area is 143 Å². The van der Waals surface area contributed by atoms with Crippen molar-refractivity contribution in [1.29, 1.82) is 0 Å². The van der Waals surface area contributed by atoms with Crippen LogP contribution in [0.25, 0.3) is 0 Å². The fraction of sp³-hybridized carbons (Fsp3) is 0.350. The van der Waals surface area contributed by atoms with Crippen LogP contribution < -0.4 is 10.1 Å². The molecule has 24 heavy (non-hydrogen) atoms. The second-order valence-corrected chi connectivity index (χ2v) is 6.16. The van der Waals surface area contributed by atoms with Crippen molar-refractivity contribution in [3.63, 3.8) is 0 Å². The van der Waals surface area contributed by atoms with Gasteiger partial charge in [0, 0.05) is 16.8 Å². The molecule has 0 aliphatic rings. The summed E-state index contributed by atoms with van der Waals surface area (Å²) in [6, 6.07) is 11.4. The van der Waals surface area contributed by atoms with E-state index >= 15 is 0 Å². The average molecular weight is 327 g/mol. The third kappa shape index (κ3) is 4.59. The molecule has 2 aromatic rings. The molecule has 1 amide bonds. The minimum absolute atomic E-state index is 0.113. The third-order valence-corrected chi connectivity index (χ3v) is 3.76. The Morgan fingerprint density at radius 3 is 2.54 bits per heavy atom. The average Bonchev–Trinajstić information content (AvgIpc) is 2.55. The molecule has 0 spiro atoms. The van der Waals surface area contributed by atoms with Crippen LogP contribution in [0.15, 0.2) is 36.4 Å². The normalized spacial score (nSPS) is 10.8. The summed E-state index contributed by atoms with van der Waals surface area (Å²) in [7, 11) is 1.62. The minimum Gasteiger partial charge on any atom is -0.496 e. The van der Waals surface area contributed by atoms with Crippen molar-refractivity contribution in [3.8, 4) is 5.75 Å². The van der Waals surface area contributed by atoms with Crippen LogP contribution in [0.3, 0.4) is 0 Å². The Hall–Kier alpha value is -2.33. The minimum atomic E-state index is -0.142. The number of amides is 1. The van der Waals surface area contributed by atoms with Gasteiger partial charge in [-0.2, -0.15) is 0 Å². The van der Waals surface area contributed by atoms with E-state index in [0.29, 0.717) is 12.2 Å². The van der Waals surface area contributed by atoms with Crippen LogP contribution in [0.5, 0.6) is 5.75 Å². The quantitative estimate of drug-likeness (QED) is 0.850. The van der Waals surface area contributed by atoms with E-state index in [-0.39, 0.29) is 12.0 Å². The van der Waals surface area contributed by atoms with E-state index in [1.807, 2.05) is 52.0 Å². The van der Waals surface area contributed by atoms with Crippen LogP contribution in [0.1, 0.15) is 40.9 Å². The van der Waals surface area contributed by atoms with Crippen molar-refractivity contribution in [2.24, 2.45) is 0 Å². The lowest BCUT2D eigenvalue weighted by Gasteiger charge is -2.14. The second-order valence-electron chi connectivity index (χ2n) is 6.16. The highest BCUT2D eigenvalue weighted by Gasteiger charge is 2.12. The first kappa shape index (κ1) is 18.0. The number of rotatable bonds is 6. The van der Waals surface area contributed by atoms with E-state index in [2.05, 4.69) is 5.32 Å². The monoisotopic (exact) mass is 327 g/mol. The predicted octanol–water partition coefficient (Wildman–Crippen LogP) is 4.49. The Morgan fingerprint density at radius 1 is 1.12 bits per heavy atom. The number of hydrogen-bond acceptors (Lipinski definition) is 3. The van der Waals surface area contributed by atoms with E-state index in [9.17, 15) is 4.79 Å². The van der Waals surface area contributed by atoms with Gasteiger partial charge < -0.3 is 14.8 Å². The fourth-order valence-electron chi connectivity index (χ4n) is 2.35. The molecule has 0 aliphatic heterocycles. The predicted molar refractivity (Wildman–Crippen MR) is 96.8 cm³/mol. The van der Waals surface area contributed by atoms with Gasteiger partial charge >= 0.3 is 0 Å². The number of anilines is 1. The molecule has 2 aromatic carbocycles. The number of hydrogen-bond donors (Lipinski definition) is 1. The van der Waals surface area contributed by atoms with Gasteiger partial charge in [0.05, 0.1) is 19.8 Å². The molecule has 0 aromatic heterocycles. The van der Waals surface area contributed by atoms with Crippen LogP contribution >= 0.6 is 0 Å². The molecule has 4 nitrogen and oxygen atoms in total. The van der Waals surface area contributed by atoms with Crippen molar-refractivity contribution in [1.82, 2.24) is 0 Å². The van der Waals surface area contributed by atoms with Gasteiger partial charge in [-0.05, 0) is 63.1 Å². The Kier molecular flexibility index (Phi) is 5.99. The lowest BCUT2D eigenvalue weighted by molar-refractivity contribution is 0.0644. The second kappa shape index (κ2) is 7.97. The van der Waals surface area contributed by atoms with Gasteiger partial charge in [-0.15, -0.1) is 0 Å². The highest BCUT2D eigenvalue weighted by Crippen LogP contribution is 2.23. The van der Waals surface area contributed by atoms with E-state index in [0.717, 1.165) is 28.1 Å². The first-order chi connectivity index (χ1) is 11.4. The number of carbonyl (C=O) groups excluding carboxylic acids is 1. The van der Waals surface area contributed by atoms with Crippen molar-refractivity contribution >= 4 is 11.6 Å². The van der Waals surface area contributed by atoms with Crippen LogP contribution in [0, 0.1) is 13.8 Å². The lowest BCUT2D eigenvalue weighted by Crippen LogP contribution is -2.14. The largest absolute Gasteiger partial charge is 0.496 e. The summed E-state index contributed by atoms with van der Waals surface area (Å²) in [4.78, 5) is 12.6. The van der Waals surface area contributed by atoms with Crippen molar-refractivity contribution in [3.05, 3.63) is 58.7 Å². The summed E-state index contributed by atoms with van der Waals surface area (Å²) in [6.07, 6.45) is 0.113. The number of aryl methyl sites for hydroxylation is 2. The third-order valence-electron chi connectivity index (χ3n) is 3.76. The molecular weight excluding hydrogens is 302 g/mol. The summed E-state index contributed by atoms with van der Waals surface area (Å²) in [5.41, 5.74) is 4.41. The maximum atomic E-state index is 12.6. The van der Waals surface area contributed by atoms with Gasteiger partial charge in [0.15, 0.2) is 0 Å². The Balaban J connectivity index is 2.22. The Bertz CT molecular complexity index is 723.